The topological polar surface area (TPSA) is 85.4 Å². The van der Waals surface area contributed by atoms with Crippen molar-refractivity contribution in [2.45, 2.75) is 6.92 Å². The molecule has 0 aliphatic carbocycles. The normalized spacial score (nSPS) is 12.3. The van der Waals surface area contributed by atoms with Crippen LogP contribution in [0.5, 0.6) is 11.5 Å². The average molecular weight is 362 g/mol. The van der Waals surface area contributed by atoms with E-state index < -0.39 is 0 Å². The van der Waals surface area contributed by atoms with E-state index in [0.717, 1.165) is 5.69 Å². The Morgan fingerprint density at radius 3 is 2.52 bits per heavy atom. The molecule has 4 rings (SSSR count). The molecule has 3 aromatic rings. The van der Waals surface area contributed by atoms with Crippen LogP contribution in [0.1, 0.15) is 16.2 Å². The maximum atomic E-state index is 12.6. The van der Waals surface area contributed by atoms with Gasteiger partial charge in [-0.15, -0.1) is 0 Å². The smallest absolute Gasteiger partial charge is 0.274 e. The van der Waals surface area contributed by atoms with Crippen LogP contribution in [0.25, 0.3) is 0 Å². The van der Waals surface area contributed by atoms with Crippen LogP contribution in [0.4, 0.5) is 17.3 Å². The predicted octanol–water partition coefficient (Wildman–Crippen LogP) is 3.55. The van der Waals surface area contributed by atoms with Crippen LogP contribution in [0, 0.1) is 6.92 Å². The third kappa shape index (κ3) is 3.98. The molecule has 1 amide bonds. The molecule has 0 bridgehead atoms. The summed E-state index contributed by atoms with van der Waals surface area (Å²) in [5.41, 5.74) is 2.42. The Morgan fingerprint density at radius 2 is 1.70 bits per heavy atom. The zero-order chi connectivity index (χ0) is 18.6. The van der Waals surface area contributed by atoms with Crippen LogP contribution in [0.3, 0.4) is 0 Å². The number of para-hydroxylation sites is 1. The SMILES string of the molecule is Cc1cc(C(=O)Nc2ccc3c(c2)OCCO3)nc(Nc2ccccc2)n1. The quantitative estimate of drug-likeness (QED) is 0.738. The predicted molar refractivity (Wildman–Crippen MR) is 102 cm³/mol. The summed E-state index contributed by atoms with van der Waals surface area (Å²) in [6.07, 6.45) is 0. The number of carbonyl (C=O) groups is 1. The van der Waals surface area contributed by atoms with Gasteiger partial charge < -0.3 is 20.1 Å². The van der Waals surface area contributed by atoms with Gasteiger partial charge in [0.1, 0.15) is 18.9 Å². The van der Waals surface area contributed by atoms with E-state index in [1.54, 1.807) is 24.3 Å². The molecule has 0 atom stereocenters. The molecule has 1 aromatic heterocycles. The number of aryl methyl sites for hydroxylation is 1. The minimum atomic E-state index is -0.326. The Kier molecular flexibility index (Phi) is 4.57. The minimum Gasteiger partial charge on any atom is -0.486 e. The van der Waals surface area contributed by atoms with E-state index in [0.29, 0.717) is 42.0 Å². The van der Waals surface area contributed by atoms with Gasteiger partial charge in [0, 0.05) is 23.1 Å². The molecule has 2 aromatic carbocycles. The van der Waals surface area contributed by atoms with Crippen LogP contribution in [0.15, 0.2) is 54.6 Å². The molecule has 7 heteroatoms. The molecule has 2 N–H and O–H groups in total. The highest BCUT2D eigenvalue weighted by molar-refractivity contribution is 6.03. The second-order valence-electron chi connectivity index (χ2n) is 6.02. The first-order valence-electron chi connectivity index (χ1n) is 8.56. The summed E-state index contributed by atoms with van der Waals surface area (Å²) < 4.78 is 11.0. The first-order valence-corrected chi connectivity index (χ1v) is 8.56. The van der Waals surface area contributed by atoms with E-state index in [-0.39, 0.29) is 11.6 Å². The number of nitrogens with zero attached hydrogens (tertiary/aromatic N) is 2. The molecule has 0 radical (unpaired) electrons. The molecule has 7 nitrogen and oxygen atoms in total. The number of ether oxygens (including phenoxy) is 2. The summed E-state index contributed by atoms with van der Waals surface area (Å²) in [7, 11) is 0. The number of anilines is 3. The second-order valence-corrected chi connectivity index (χ2v) is 6.02. The zero-order valence-electron chi connectivity index (χ0n) is 14.7. The highest BCUT2D eigenvalue weighted by atomic mass is 16.6. The molecule has 1 aliphatic heterocycles. The lowest BCUT2D eigenvalue weighted by Crippen LogP contribution is -2.17. The summed E-state index contributed by atoms with van der Waals surface area (Å²) in [6.45, 7) is 2.83. The summed E-state index contributed by atoms with van der Waals surface area (Å²) in [5.74, 6) is 1.33. The van der Waals surface area contributed by atoms with Gasteiger partial charge in [-0.25, -0.2) is 9.97 Å². The number of benzene rings is 2. The molecular formula is C20H18N4O3. The molecular weight excluding hydrogens is 344 g/mol. The molecule has 0 unspecified atom stereocenters. The number of nitrogens with one attached hydrogen (secondary N) is 2. The van der Waals surface area contributed by atoms with Gasteiger partial charge >= 0.3 is 0 Å². The van der Waals surface area contributed by atoms with Gasteiger partial charge in [-0.2, -0.15) is 0 Å². The van der Waals surface area contributed by atoms with E-state index in [9.17, 15) is 4.79 Å². The number of hydrogen-bond donors (Lipinski definition) is 2. The fourth-order valence-electron chi connectivity index (χ4n) is 2.71. The maximum Gasteiger partial charge on any atom is 0.274 e. The van der Waals surface area contributed by atoms with Gasteiger partial charge in [-0.1, -0.05) is 18.2 Å². The van der Waals surface area contributed by atoms with E-state index in [4.69, 9.17) is 9.47 Å². The van der Waals surface area contributed by atoms with Crippen LogP contribution in [-0.4, -0.2) is 29.1 Å². The molecule has 1 aliphatic rings. The standard InChI is InChI=1S/C20H18N4O3/c1-13-11-16(24-20(21-13)23-14-5-3-2-4-6-14)19(25)22-15-7-8-17-18(12-15)27-10-9-26-17/h2-8,11-12H,9-10H2,1H3,(H,22,25)(H,21,23,24). The van der Waals surface area contributed by atoms with Crippen LogP contribution >= 0.6 is 0 Å². The van der Waals surface area contributed by atoms with Gasteiger partial charge in [0.15, 0.2) is 11.5 Å². The van der Waals surface area contributed by atoms with Crippen molar-refractivity contribution in [3.05, 3.63) is 66.0 Å². The minimum absolute atomic E-state index is 0.274. The summed E-state index contributed by atoms with van der Waals surface area (Å²) in [5, 5.41) is 5.94. The highest BCUT2D eigenvalue weighted by Gasteiger charge is 2.15. The molecule has 0 saturated carbocycles. The first kappa shape index (κ1) is 16.8. The molecule has 0 spiro atoms. The molecule has 136 valence electrons. The lowest BCUT2D eigenvalue weighted by atomic mass is 10.2. The van der Waals surface area contributed by atoms with Crippen LogP contribution in [0.2, 0.25) is 0 Å². The van der Waals surface area contributed by atoms with Crippen molar-refractivity contribution in [1.82, 2.24) is 9.97 Å². The fourth-order valence-corrected chi connectivity index (χ4v) is 2.71. The molecule has 0 saturated heterocycles. The van der Waals surface area contributed by atoms with Gasteiger partial charge in [0.05, 0.1) is 0 Å². The Bertz CT molecular complexity index is 976. The summed E-state index contributed by atoms with van der Waals surface area (Å²) in [6, 6.07) is 16.5. The average Bonchev–Trinajstić information content (AvgIpc) is 2.68. The maximum absolute atomic E-state index is 12.6. The van der Waals surface area contributed by atoms with E-state index >= 15 is 0 Å². The highest BCUT2D eigenvalue weighted by Crippen LogP contribution is 2.32. The van der Waals surface area contributed by atoms with Gasteiger partial charge in [-0.3, -0.25) is 4.79 Å². The summed E-state index contributed by atoms with van der Waals surface area (Å²) in [4.78, 5) is 21.3. The first-order chi connectivity index (χ1) is 13.2. The van der Waals surface area contributed by atoms with Crippen LogP contribution in [-0.2, 0) is 0 Å². The van der Waals surface area contributed by atoms with Crippen molar-refractivity contribution in [2.75, 3.05) is 23.8 Å². The van der Waals surface area contributed by atoms with E-state index in [2.05, 4.69) is 20.6 Å². The van der Waals surface area contributed by atoms with Crippen LogP contribution < -0.4 is 20.1 Å². The third-order valence-electron chi connectivity index (χ3n) is 3.92. The van der Waals surface area contributed by atoms with Gasteiger partial charge in [-0.05, 0) is 37.3 Å². The number of carbonyl (C=O) groups excluding carboxylic acids is 1. The van der Waals surface area contributed by atoms with Crippen molar-refractivity contribution >= 4 is 23.2 Å². The number of hydrogen-bond acceptors (Lipinski definition) is 6. The van der Waals surface area contributed by atoms with Gasteiger partial charge in [0.2, 0.25) is 5.95 Å². The number of amides is 1. The molecule has 27 heavy (non-hydrogen) atoms. The fraction of sp³-hybridized carbons (Fsp3) is 0.150. The van der Waals surface area contributed by atoms with Crippen molar-refractivity contribution in [3.63, 3.8) is 0 Å². The van der Waals surface area contributed by atoms with Crippen molar-refractivity contribution in [1.29, 1.82) is 0 Å². The lowest BCUT2D eigenvalue weighted by Gasteiger charge is -2.19. The Labute approximate surface area is 156 Å². The lowest BCUT2D eigenvalue weighted by molar-refractivity contribution is 0.102. The van der Waals surface area contributed by atoms with Crippen molar-refractivity contribution in [2.24, 2.45) is 0 Å². The van der Waals surface area contributed by atoms with Crippen molar-refractivity contribution < 1.29 is 14.3 Å². The second kappa shape index (κ2) is 7.33. The van der Waals surface area contributed by atoms with Crippen molar-refractivity contribution in [3.8, 4) is 11.5 Å². The Balaban J connectivity index is 1.53. The summed E-state index contributed by atoms with van der Waals surface area (Å²) >= 11 is 0. The number of rotatable bonds is 4. The van der Waals surface area contributed by atoms with E-state index in [1.165, 1.54) is 0 Å². The molecule has 2 heterocycles. The number of fused-ring (bicyclic) bond motifs is 1. The monoisotopic (exact) mass is 362 g/mol. The Morgan fingerprint density at radius 1 is 0.926 bits per heavy atom. The Hall–Kier alpha value is -3.61. The van der Waals surface area contributed by atoms with E-state index in [1.807, 2.05) is 37.3 Å². The molecule has 0 fully saturated rings. The zero-order valence-corrected chi connectivity index (χ0v) is 14.7. The van der Waals surface area contributed by atoms with Gasteiger partial charge in [0.25, 0.3) is 5.91 Å². The third-order valence-corrected chi connectivity index (χ3v) is 3.92. The largest absolute Gasteiger partial charge is 0.486 e. The number of aromatic nitrogens is 2.